The molecule has 3 nitrogen and oxygen atoms in total. The number of hydrogen-bond donors (Lipinski definition) is 1. The SMILES string of the molecule is CN1CCCN(c2ccccc2F)CC1CN. The molecule has 4 heteroatoms. The fourth-order valence-corrected chi connectivity index (χ4v) is 2.36. The van der Waals surface area contributed by atoms with E-state index in [4.69, 9.17) is 5.73 Å². The molecule has 0 spiro atoms. The Morgan fingerprint density at radius 1 is 1.35 bits per heavy atom. The lowest BCUT2D eigenvalue weighted by molar-refractivity contribution is 0.266. The molecule has 0 bridgehead atoms. The zero-order valence-electron chi connectivity index (χ0n) is 10.3. The minimum Gasteiger partial charge on any atom is -0.368 e. The van der Waals surface area contributed by atoms with Crippen LogP contribution in [0.1, 0.15) is 6.42 Å². The van der Waals surface area contributed by atoms with Crippen LogP contribution in [0.5, 0.6) is 0 Å². The zero-order chi connectivity index (χ0) is 12.3. The van der Waals surface area contributed by atoms with Gasteiger partial charge in [0.15, 0.2) is 0 Å². The third-order valence-electron chi connectivity index (χ3n) is 3.46. The van der Waals surface area contributed by atoms with E-state index < -0.39 is 0 Å². The summed E-state index contributed by atoms with van der Waals surface area (Å²) in [5.74, 6) is -0.146. The number of likely N-dealkylation sites (N-methyl/N-ethyl adjacent to an activating group) is 1. The van der Waals surface area contributed by atoms with Crippen LogP contribution in [0.15, 0.2) is 24.3 Å². The summed E-state index contributed by atoms with van der Waals surface area (Å²) in [6.45, 7) is 3.32. The van der Waals surface area contributed by atoms with Crippen LogP contribution in [0.25, 0.3) is 0 Å². The fourth-order valence-electron chi connectivity index (χ4n) is 2.36. The van der Waals surface area contributed by atoms with Crippen LogP contribution in [0.4, 0.5) is 10.1 Å². The predicted molar refractivity (Wildman–Crippen MR) is 68.7 cm³/mol. The second kappa shape index (κ2) is 5.47. The highest BCUT2D eigenvalue weighted by atomic mass is 19.1. The Morgan fingerprint density at radius 3 is 2.82 bits per heavy atom. The Kier molecular flexibility index (Phi) is 3.97. The zero-order valence-corrected chi connectivity index (χ0v) is 10.3. The molecule has 0 aromatic heterocycles. The van der Waals surface area contributed by atoms with Gasteiger partial charge in [-0.2, -0.15) is 0 Å². The van der Waals surface area contributed by atoms with E-state index in [1.165, 1.54) is 6.07 Å². The molecular weight excluding hydrogens is 217 g/mol. The van der Waals surface area contributed by atoms with E-state index in [2.05, 4.69) is 16.8 Å². The number of rotatable bonds is 2. The normalized spacial score (nSPS) is 22.5. The molecule has 1 aromatic carbocycles. The van der Waals surface area contributed by atoms with E-state index in [1.807, 2.05) is 12.1 Å². The summed E-state index contributed by atoms with van der Waals surface area (Å²) in [7, 11) is 2.09. The van der Waals surface area contributed by atoms with Crippen molar-refractivity contribution >= 4 is 5.69 Å². The van der Waals surface area contributed by atoms with Gasteiger partial charge in [-0.25, -0.2) is 4.39 Å². The first kappa shape index (κ1) is 12.3. The second-order valence-electron chi connectivity index (χ2n) is 4.62. The number of nitrogens with two attached hydrogens (primary N) is 1. The molecule has 1 heterocycles. The number of benzene rings is 1. The lowest BCUT2D eigenvalue weighted by Crippen LogP contribution is -2.44. The van der Waals surface area contributed by atoms with Gasteiger partial charge in [-0.15, -0.1) is 0 Å². The number of anilines is 1. The van der Waals surface area contributed by atoms with Gasteiger partial charge in [0.05, 0.1) is 5.69 Å². The Balaban J connectivity index is 2.18. The number of para-hydroxylation sites is 1. The highest BCUT2D eigenvalue weighted by Gasteiger charge is 2.22. The van der Waals surface area contributed by atoms with Crippen molar-refractivity contribution in [2.45, 2.75) is 12.5 Å². The van der Waals surface area contributed by atoms with Gasteiger partial charge in [-0.05, 0) is 32.1 Å². The highest BCUT2D eigenvalue weighted by Crippen LogP contribution is 2.21. The van der Waals surface area contributed by atoms with E-state index in [0.717, 1.165) is 26.1 Å². The maximum Gasteiger partial charge on any atom is 0.146 e. The molecule has 1 fully saturated rings. The Bertz CT molecular complexity index is 369. The van der Waals surface area contributed by atoms with Crippen LogP contribution in [0, 0.1) is 5.82 Å². The first-order valence-corrected chi connectivity index (χ1v) is 6.12. The van der Waals surface area contributed by atoms with Crippen LogP contribution in [-0.4, -0.2) is 44.2 Å². The maximum absolute atomic E-state index is 13.7. The van der Waals surface area contributed by atoms with E-state index in [9.17, 15) is 4.39 Å². The number of nitrogens with zero attached hydrogens (tertiary/aromatic N) is 2. The van der Waals surface area contributed by atoms with E-state index >= 15 is 0 Å². The molecule has 1 aliphatic heterocycles. The summed E-state index contributed by atoms with van der Waals surface area (Å²) >= 11 is 0. The monoisotopic (exact) mass is 237 g/mol. The summed E-state index contributed by atoms with van der Waals surface area (Å²) in [5.41, 5.74) is 6.47. The van der Waals surface area contributed by atoms with Gasteiger partial charge in [0.1, 0.15) is 5.82 Å². The van der Waals surface area contributed by atoms with Crippen molar-refractivity contribution < 1.29 is 4.39 Å². The van der Waals surface area contributed by atoms with Crippen molar-refractivity contribution in [3.8, 4) is 0 Å². The quantitative estimate of drug-likeness (QED) is 0.841. The standard InChI is InChI=1S/C13H20FN3/c1-16-7-4-8-17(10-11(16)9-15)13-6-3-2-5-12(13)14/h2-3,5-6,11H,4,7-10,15H2,1H3. The second-order valence-corrected chi connectivity index (χ2v) is 4.62. The largest absolute Gasteiger partial charge is 0.368 e. The molecule has 17 heavy (non-hydrogen) atoms. The minimum atomic E-state index is -0.146. The third kappa shape index (κ3) is 2.76. The average Bonchev–Trinajstić information content (AvgIpc) is 2.51. The fraction of sp³-hybridized carbons (Fsp3) is 0.538. The minimum absolute atomic E-state index is 0.146. The topological polar surface area (TPSA) is 32.5 Å². The molecule has 1 aliphatic rings. The van der Waals surface area contributed by atoms with Gasteiger partial charge in [0, 0.05) is 25.7 Å². The van der Waals surface area contributed by atoms with Crippen LogP contribution in [0.3, 0.4) is 0 Å². The third-order valence-corrected chi connectivity index (χ3v) is 3.46. The first-order valence-electron chi connectivity index (χ1n) is 6.12. The van der Waals surface area contributed by atoms with Gasteiger partial charge in [-0.1, -0.05) is 12.1 Å². The van der Waals surface area contributed by atoms with Crippen molar-refractivity contribution in [1.82, 2.24) is 4.90 Å². The molecule has 0 amide bonds. The molecule has 94 valence electrons. The summed E-state index contributed by atoms with van der Waals surface area (Å²) in [5, 5.41) is 0. The van der Waals surface area contributed by atoms with Gasteiger partial charge in [0.2, 0.25) is 0 Å². The van der Waals surface area contributed by atoms with E-state index in [0.29, 0.717) is 18.3 Å². The molecule has 0 saturated carbocycles. The van der Waals surface area contributed by atoms with Crippen molar-refractivity contribution in [2.24, 2.45) is 5.73 Å². The van der Waals surface area contributed by atoms with Gasteiger partial charge < -0.3 is 15.5 Å². The highest BCUT2D eigenvalue weighted by molar-refractivity contribution is 5.47. The molecule has 1 atom stereocenters. The Labute approximate surface area is 102 Å². The summed E-state index contributed by atoms with van der Waals surface area (Å²) in [6, 6.07) is 7.26. The molecule has 0 radical (unpaired) electrons. The molecular formula is C13H20FN3. The molecule has 1 unspecified atom stereocenters. The van der Waals surface area contributed by atoms with Gasteiger partial charge in [0.25, 0.3) is 0 Å². The Morgan fingerprint density at radius 2 is 2.12 bits per heavy atom. The van der Waals surface area contributed by atoms with Crippen molar-refractivity contribution in [3.63, 3.8) is 0 Å². The predicted octanol–water partition coefficient (Wildman–Crippen LogP) is 1.29. The van der Waals surface area contributed by atoms with Crippen LogP contribution in [-0.2, 0) is 0 Å². The molecule has 2 N–H and O–H groups in total. The number of hydrogen-bond acceptors (Lipinski definition) is 3. The van der Waals surface area contributed by atoms with Gasteiger partial charge >= 0.3 is 0 Å². The molecule has 0 aliphatic carbocycles. The average molecular weight is 237 g/mol. The van der Waals surface area contributed by atoms with Crippen LogP contribution < -0.4 is 10.6 Å². The van der Waals surface area contributed by atoms with E-state index in [1.54, 1.807) is 6.07 Å². The smallest absolute Gasteiger partial charge is 0.146 e. The first-order chi connectivity index (χ1) is 8.22. The van der Waals surface area contributed by atoms with Crippen LogP contribution in [0.2, 0.25) is 0 Å². The lowest BCUT2D eigenvalue weighted by Gasteiger charge is -2.29. The van der Waals surface area contributed by atoms with E-state index in [-0.39, 0.29) is 5.82 Å². The van der Waals surface area contributed by atoms with Gasteiger partial charge in [-0.3, -0.25) is 0 Å². The lowest BCUT2D eigenvalue weighted by atomic mass is 10.2. The number of halogens is 1. The van der Waals surface area contributed by atoms with Crippen molar-refractivity contribution in [1.29, 1.82) is 0 Å². The van der Waals surface area contributed by atoms with Crippen molar-refractivity contribution in [3.05, 3.63) is 30.1 Å². The molecule has 2 rings (SSSR count). The summed E-state index contributed by atoms with van der Waals surface area (Å²) in [6.07, 6.45) is 1.04. The van der Waals surface area contributed by atoms with Crippen molar-refractivity contribution in [2.75, 3.05) is 38.1 Å². The summed E-state index contributed by atoms with van der Waals surface area (Å²) in [4.78, 5) is 4.37. The molecule has 1 aromatic rings. The van der Waals surface area contributed by atoms with Crippen LogP contribution >= 0.6 is 0 Å². The maximum atomic E-state index is 13.7. The molecule has 1 saturated heterocycles. The summed E-state index contributed by atoms with van der Waals surface area (Å²) < 4.78 is 13.7. The Hall–Kier alpha value is -1.13.